The Labute approximate surface area is 342 Å². The van der Waals surface area contributed by atoms with E-state index >= 15 is 13.6 Å². The van der Waals surface area contributed by atoms with Crippen molar-refractivity contribution in [2.24, 2.45) is 17.8 Å². The Balaban J connectivity index is 1.49. The average Bonchev–Trinajstić information content (AvgIpc) is 4.09. The third-order valence-electron chi connectivity index (χ3n) is 12.6. The fourth-order valence-electron chi connectivity index (χ4n) is 8.59. The topological polar surface area (TPSA) is 185 Å². The minimum absolute atomic E-state index is 0.0129. The second-order valence-corrected chi connectivity index (χ2v) is 19.0. The van der Waals surface area contributed by atoms with E-state index in [2.05, 4.69) is 10.3 Å². The van der Waals surface area contributed by atoms with Crippen LogP contribution in [0.4, 0.5) is 18.0 Å². The minimum atomic E-state index is -4.55. The smallest absolute Gasteiger partial charge is 0.408 e. The first kappa shape index (κ1) is 44.0. The molecule has 3 fully saturated rings. The highest BCUT2D eigenvalue weighted by Gasteiger charge is 2.71. The predicted octanol–water partition coefficient (Wildman–Crippen LogP) is 5.95. The standard InChI is InChI=1S/C41H54F3N5O9S/c1-7-26(5)48(37(53)54)32-25(4)19-24(3)13-9-11-15-28-21-40(28,36(52)47-59(55,56)39(23-42)17-18-39)46-33(50)30-22-38(6,41(43,44)49(30)35(32)51)58-34-29-16-12-10-14-27(29)20-31(45-34)57-8-2/h10-12,14-16,20,24-26,28,30,32H,7-9,13,17-19,21-23H2,1-6H3,(H,46,50)(H,47,52)(H,53,54)/b15-11-/t24-,25+,26?,28+,30-,32-,38+,40+/m0/s1. The normalized spacial score (nSPS) is 31.3. The lowest BCUT2D eigenvalue weighted by molar-refractivity contribution is -0.219. The lowest BCUT2D eigenvalue weighted by Crippen LogP contribution is -2.64. The van der Waals surface area contributed by atoms with Crippen LogP contribution in [0.2, 0.25) is 0 Å². The molecule has 14 nitrogen and oxygen atoms in total. The summed E-state index contributed by atoms with van der Waals surface area (Å²) in [4.78, 5) is 62.1. The number of hydrogen-bond acceptors (Lipinski definition) is 9. The number of halogens is 3. The van der Waals surface area contributed by atoms with Gasteiger partial charge in [0.05, 0.1) is 6.61 Å². The molecular formula is C41H54F3N5O9S. The Hall–Kier alpha value is -4.61. The molecule has 2 saturated carbocycles. The number of fused-ring (bicyclic) bond motifs is 3. The molecule has 324 valence electrons. The van der Waals surface area contributed by atoms with Crippen LogP contribution in [0.25, 0.3) is 10.8 Å². The van der Waals surface area contributed by atoms with Crippen molar-refractivity contribution in [3.05, 3.63) is 42.5 Å². The molecule has 6 rings (SSSR count). The summed E-state index contributed by atoms with van der Waals surface area (Å²) in [5.74, 6) is -5.64. The number of ether oxygens (including phenoxy) is 2. The summed E-state index contributed by atoms with van der Waals surface area (Å²) in [6.45, 7) is 8.49. The average molecular weight is 850 g/mol. The summed E-state index contributed by atoms with van der Waals surface area (Å²) in [6.07, 6.45) is 2.45. The van der Waals surface area contributed by atoms with Gasteiger partial charge in [-0.2, -0.15) is 13.8 Å². The number of benzene rings is 1. The fourth-order valence-corrected chi connectivity index (χ4v) is 10.0. The van der Waals surface area contributed by atoms with Gasteiger partial charge < -0.3 is 19.9 Å². The molecule has 3 heterocycles. The van der Waals surface area contributed by atoms with Crippen LogP contribution < -0.4 is 19.5 Å². The number of sulfonamides is 1. The number of carboxylic acid groups (broad SMARTS) is 1. The summed E-state index contributed by atoms with van der Waals surface area (Å²) in [6, 6.07) is -0.589. The molecule has 1 unspecified atom stereocenters. The van der Waals surface area contributed by atoms with Gasteiger partial charge in [-0.3, -0.25) is 28.9 Å². The molecule has 18 heteroatoms. The maximum Gasteiger partial charge on any atom is 0.408 e. The van der Waals surface area contributed by atoms with Gasteiger partial charge in [0.15, 0.2) is 5.60 Å². The third-order valence-corrected chi connectivity index (χ3v) is 14.7. The van der Waals surface area contributed by atoms with E-state index in [1.165, 1.54) is 0 Å². The second-order valence-electron chi connectivity index (χ2n) is 17.0. The van der Waals surface area contributed by atoms with Crippen molar-refractivity contribution in [1.82, 2.24) is 24.8 Å². The Morgan fingerprint density at radius 2 is 1.85 bits per heavy atom. The van der Waals surface area contributed by atoms with Gasteiger partial charge in [0, 0.05) is 29.8 Å². The van der Waals surface area contributed by atoms with Crippen molar-refractivity contribution >= 4 is 44.6 Å². The van der Waals surface area contributed by atoms with Crippen LogP contribution in [-0.2, 0) is 24.4 Å². The Kier molecular flexibility index (Phi) is 12.0. The number of carbonyl (C=O) groups excluding carboxylic acids is 3. The molecule has 0 radical (unpaired) electrons. The van der Waals surface area contributed by atoms with Gasteiger partial charge in [-0.05, 0) is 89.0 Å². The summed E-state index contributed by atoms with van der Waals surface area (Å²) in [7, 11) is -4.55. The molecule has 8 atom stereocenters. The van der Waals surface area contributed by atoms with Gasteiger partial charge in [0.2, 0.25) is 27.7 Å². The Morgan fingerprint density at radius 1 is 1.15 bits per heavy atom. The van der Waals surface area contributed by atoms with Crippen molar-refractivity contribution in [3.8, 4) is 11.8 Å². The molecule has 4 amide bonds. The largest absolute Gasteiger partial charge is 0.478 e. The van der Waals surface area contributed by atoms with E-state index in [1.807, 2.05) is 11.6 Å². The van der Waals surface area contributed by atoms with Crippen molar-refractivity contribution in [2.45, 2.75) is 133 Å². The maximum atomic E-state index is 17.7. The van der Waals surface area contributed by atoms with Crippen molar-refractivity contribution in [2.75, 3.05) is 13.3 Å². The van der Waals surface area contributed by atoms with Crippen LogP contribution in [0, 0.1) is 17.8 Å². The zero-order chi connectivity index (χ0) is 43.3. The zero-order valence-corrected chi connectivity index (χ0v) is 35.0. The molecule has 2 aromatic rings. The van der Waals surface area contributed by atoms with Crippen LogP contribution in [0.5, 0.6) is 11.8 Å². The lowest BCUT2D eigenvalue weighted by Gasteiger charge is -2.42. The van der Waals surface area contributed by atoms with Crippen LogP contribution >= 0.6 is 0 Å². The summed E-state index contributed by atoms with van der Waals surface area (Å²) in [5, 5.41) is 14.0. The van der Waals surface area contributed by atoms with Crippen molar-refractivity contribution in [3.63, 3.8) is 0 Å². The van der Waals surface area contributed by atoms with Gasteiger partial charge >= 0.3 is 12.1 Å². The molecule has 0 bridgehead atoms. The van der Waals surface area contributed by atoms with Crippen molar-refractivity contribution in [1.29, 1.82) is 0 Å². The third kappa shape index (κ3) is 7.92. The number of alkyl halides is 3. The molecule has 4 aliphatic rings. The molecule has 1 saturated heterocycles. The van der Waals surface area contributed by atoms with Crippen LogP contribution in [0.1, 0.15) is 92.9 Å². The van der Waals surface area contributed by atoms with E-state index in [0.29, 0.717) is 23.6 Å². The van der Waals surface area contributed by atoms with E-state index < -0.39 is 98.8 Å². The highest BCUT2D eigenvalue weighted by atomic mass is 32.2. The number of carbonyl (C=O) groups is 4. The van der Waals surface area contributed by atoms with Crippen LogP contribution in [-0.4, -0.2) is 105 Å². The fraction of sp³-hybridized carbons (Fsp3) is 0.634. The SMILES string of the molecule is CCOc1cc2ccccc2c(O[C@]2(C)C[C@H]3C(=O)N[C@]4(C(=O)NS(=O)(=O)C5(CF)CC5)C[C@H]4/C=C\CC[C@H](C)C[C@@H](C)[C@H](N(C(=O)O)C(C)CC)C(=O)N3C2(F)F)n1. The molecular weight excluding hydrogens is 796 g/mol. The monoisotopic (exact) mass is 849 g/mol. The Morgan fingerprint density at radius 3 is 2.47 bits per heavy atom. The van der Waals surface area contributed by atoms with Gasteiger partial charge in [0.25, 0.3) is 11.8 Å². The number of amides is 4. The zero-order valence-electron chi connectivity index (χ0n) is 34.2. The van der Waals surface area contributed by atoms with Crippen LogP contribution in [0.3, 0.4) is 0 Å². The van der Waals surface area contributed by atoms with Gasteiger partial charge in [0.1, 0.15) is 29.0 Å². The molecule has 2 aliphatic heterocycles. The number of rotatable bonds is 11. The van der Waals surface area contributed by atoms with Gasteiger partial charge in [-0.25, -0.2) is 17.6 Å². The molecule has 59 heavy (non-hydrogen) atoms. The first-order valence-electron chi connectivity index (χ1n) is 20.3. The number of nitrogens with one attached hydrogen (secondary N) is 2. The van der Waals surface area contributed by atoms with E-state index in [4.69, 9.17) is 9.47 Å². The number of nitrogens with zero attached hydrogens (tertiary/aromatic N) is 3. The minimum Gasteiger partial charge on any atom is -0.478 e. The van der Waals surface area contributed by atoms with E-state index in [-0.39, 0.29) is 61.3 Å². The number of pyridine rings is 1. The molecule has 2 aliphatic carbocycles. The summed E-state index contributed by atoms with van der Waals surface area (Å²) < 4.78 is 87.7. The quantitative estimate of drug-likeness (QED) is 0.181. The Bertz CT molecular complexity index is 2120. The van der Waals surface area contributed by atoms with E-state index in [0.717, 1.165) is 11.8 Å². The number of aromatic nitrogens is 1. The predicted molar refractivity (Wildman–Crippen MR) is 211 cm³/mol. The van der Waals surface area contributed by atoms with Gasteiger partial charge in [-0.1, -0.05) is 51.1 Å². The highest BCUT2D eigenvalue weighted by Crippen LogP contribution is 2.51. The molecule has 3 N–H and O–H groups in total. The van der Waals surface area contributed by atoms with Crippen molar-refractivity contribution < 1.29 is 55.3 Å². The molecule has 1 aromatic heterocycles. The molecule has 1 aromatic carbocycles. The van der Waals surface area contributed by atoms with E-state index in [9.17, 15) is 32.3 Å². The summed E-state index contributed by atoms with van der Waals surface area (Å²) in [5.41, 5.74) is -4.65. The first-order chi connectivity index (χ1) is 27.7. The number of allylic oxidation sites excluding steroid dienone is 1. The lowest BCUT2D eigenvalue weighted by atomic mass is 9.86. The number of hydrogen-bond donors (Lipinski definition) is 3. The van der Waals surface area contributed by atoms with Crippen LogP contribution in [0.15, 0.2) is 42.5 Å². The molecule has 0 spiro atoms. The van der Waals surface area contributed by atoms with E-state index in [1.54, 1.807) is 70.2 Å². The first-order valence-corrected chi connectivity index (χ1v) is 21.7. The maximum absolute atomic E-state index is 17.7. The summed E-state index contributed by atoms with van der Waals surface area (Å²) >= 11 is 0. The van der Waals surface area contributed by atoms with Gasteiger partial charge in [-0.15, -0.1) is 0 Å². The highest BCUT2D eigenvalue weighted by molar-refractivity contribution is 7.91. The second kappa shape index (κ2) is 16.1.